The van der Waals surface area contributed by atoms with Crippen LogP contribution >= 0.6 is 15.9 Å². The number of rotatable bonds is 4. The Kier molecular flexibility index (Phi) is 3.73. The van der Waals surface area contributed by atoms with Crippen molar-refractivity contribution in [3.8, 4) is 0 Å². The fraction of sp³-hybridized carbons (Fsp3) is 0.0769. The van der Waals surface area contributed by atoms with Crippen molar-refractivity contribution in [2.45, 2.75) is 11.1 Å². The Hall–Kier alpha value is -1.81. The SMILES string of the molecule is O=[N+]([O-])c1ccc(S(=O)(=O)N2O[C@H]2c2ccc(Br)cc2)cc1. The highest BCUT2D eigenvalue weighted by Crippen LogP contribution is 2.42. The number of hydroxylamine groups is 1. The van der Waals surface area contributed by atoms with Crippen LogP contribution < -0.4 is 0 Å². The van der Waals surface area contributed by atoms with Gasteiger partial charge in [0.15, 0.2) is 6.23 Å². The first kappa shape index (κ1) is 15.1. The van der Waals surface area contributed by atoms with Crippen LogP contribution in [0, 0.1) is 10.1 Å². The normalized spacial score (nSPS) is 20.6. The Balaban J connectivity index is 1.82. The van der Waals surface area contributed by atoms with E-state index in [2.05, 4.69) is 15.9 Å². The maximum Gasteiger partial charge on any atom is 0.269 e. The molecule has 1 unspecified atom stereocenters. The molecule has 0 aliphatic carbocycles. The molecule has 1 fully saturated rings. The number of hydrogen-bond donors (Lipinski definition) is 0. The third kappa shape index (κ3) is 2.75. The van der Waals surface area contributed by atoms with Gasteiger partial charge in [-0.05, 0) is 28.7 Å². The van der Waals surface area contributed by atoms with E-state index in [1.807, 2.05) is 0 Å². The summed E-state index contributed by atoms with van der Waals surface area (Å²) in [7, 11) is -3.84. The molecule has 0 aromatic heterocycles. The molecular weight excluding hydrogens is 376 g/mol. The van der Waals surface area contributed by atoms with Crippen LogP contribution in [0.5, 0.6) is 0 Å². The van der Waals surface area contributed by atoms with Crippen LogP contribution in [0.2, 0.25) is 0 Å². The number of hydrogen-bond acceptors (Lipinski definition) is 5. The van der Waals surface area contributed by atoms with Crippen LogP contribution in [0.1, 0.15) is 11.8 Å². The molecule has 9 heteroatoms. The number of sulfonamides is 1. The van der Waals surface area contributed by atoms with Gasteiger partial charge in [0.05, 0.1) is 9.82 Å². The van der Waals surface area contributed by atoms with Gasteiger partial charge in [0.1, 0.15) is 0 Å². The molecule has 0 N–H and O–H groups in total. The molecule has 2 atom stereocenters. The number of nitro groups is 1. The van der Waals surface area contributed by atoms with Crippen molar-refractivity contribution in [3.05, 3.63) is 68.7 Å². The average molecular weight is 385 g/mol. The van der Waals surface area contributed by atoms with E-state index in [0.29, 0.717) is 5.56 Å². The van der Waals surface area contributed by atoms with E-state index >= 15 is 0 Å². The zero-order valence-electron chi connectivity index (χ0n) is 10.9. The minimum Gasteiger partial charge on any atom is -0.258 e. The molecule has 7 nitrogen and oxygen atoms in total. The van der Waals surface area contributed by atoms with Gasteiger partial charge in [0, 0.05) is 22.2 Å². The molecule has 0 radical (unpaired) electrons. The minimum absolute atomic E-state index is 0.0577. The lowest BCUT2D eigenvalue weighted by Gasteiger charge is -2.02. The van der Waals surface area contributed by atoms with Crippen molar-refractivity contribution in [2.75, 3.05) is 0 Å². The number of non-ortho nitro benzene ring substituents is 1. The van der Waals surface area contributed by atoms with Crippen molar-refractivity contribution in [1.82, 2.24) is 4.47 Å². The molecule has 22 heavy (non-hydrogen) atoms. The van der Waals surface area contributed by atoms with E-state index in [4.69, 9.17) is 4.84 Å². The molecule has 0 bridgehead atoms. The maximum absolute atomic E-state index is 12.3. The molecule has 114 valence electrons. The minimum atomic E-state index is -3.84. The summed E-state index contributed by atoms with van der Waals surface area (Å²) in [5.41, 5.74) is 0.531. The van der Waals surface area contributed by atoms with E-state index in [9.17, 15) is 18.5 Å². The van der Waals surface area contributed by atoms with Gasteiger partial charge in [-0.3, -0.25) is 15.0 Å². The first-order valence-corrected chi connectivity index (χ1v) is 8.34. The van der Waals surface area contributed by atoms with Crippen molar-refractivity contribution in [3.63, 3.8) is 0 Å². The van der Waals surface area contributed by atoms with Gasteiger partial charge in [-0.1, -0.05) is 28.1 Å². The molecule has 1 heterocycles. The van der Waals surface area contributed by atoms with Crippen molar-refractivity contribution >= 4 is 31.6 Å². The maximum atomic E-state index is 12.3. The monoisotopic (exact) mass is 384 g/mol. The smallest absolute Gasteiger partial charge is 0.258 e. The molecule has 1 aliphatic heterocycles. The summed E-state index contributed by atoms with van der Waals surface area (Å²) in [6, 6.07) is 11.7. The number of halogens is 1. The summed E-state index contributed by atoms with van der Waals surface area (Å²) in [4.78, 5) is 15.1. The van der Waals surface area contributed by atoms with Crippen LogP contribution in [-0.2, 0) is 14.9 Å². The van der Waals surface area contributed by atoms with Gasteiger partial charge in [0.2, 0.25) is 0 Å². The summed E-state index contributed by atoms with van der Waals surface area (Å²) < 4.78 is 26.4. The van der Waals surface area contributed by atoms with E-state index < -0.39 is 21.2 Å². The van der Waals surface area contributed by atoms with Gasteiger partial charge in [-0.2, -0.15) is 0 Å². The molecule has 1 aliphatic rings. The predicted octanol–water partition coefficient (Wildman–Crippen LogP) is 2.99. The topological polar surface area (TPSA) is 92.8 Å². The highest BCUT2D eigenvalue weighted by atomic mass is 79.9. The van der Waals surface area contributed by atoms with E-state index in [0.717, 1.165) is 21.1 Å². The first-order chi connectivity index (χ1) is 10.4. The number of nitro benzene ring substituents is 1. The summed E-state index contributed by atoms with van der Waals surface area (Å²) in [5, 5.41) is 10.6. The molecule has 0 spiro atoms. The van der Waals surface area contributed by atoms with Crippen LogP contribution in [-0.4, -0.2) is 17.8 Å². The predicted molar refractivity (Wildman–Crippen MR) is 80.1 cm³/mol. The Morgan fingerprint density at radius 1 is 1.09 bits per heavy atom. The fourth-order valence-corrected chi connectivity index (χ4v) is 3.43. The molecular formula is C13H9BrN2O5S. The van der Waals surface area contributed by atoms with Crippen molar-refractivity contribution in [1.29, 1.82) is 0 Å². The average Bonchev–Trinajstić information content (AvgIpc) is 3.29. The Morgan fingerprint density at radius 3 is 2.23 bits per heavy atom. The zero-order chi connectivity index (χ0) is 15.9. The Labute approximate surface area is 134 Å². The van der Waals surface area contributed by atoms with Gasteiger partial charge in [-0.15, -0.1) is 0 Å². The second kappa shape index (κ2) is 5.43. The molecule has 3 rings (SSSR count). The third-order valence-corrected chi connectivity index (χ3v) is 5.23. The van der Waals surface area contributed by atoms with Crippen molar-refractivity contribution < 1.29 is 18.2 Å². The summed E-state index contributed by atoms with van der Waals surface area (Å²) >= 11 is 3.30. The van der Waals surface area contributed by atoms with Gasteiger partial charge in [0.25, 0.3) is 15.7 Å². The fourth-order valence-electron chi connectivity index (χ4n) is 1.91. The lowest BCUT2D eigenvalue weighted by molar-refractivity contribution is -0.384. The standard InChI is InChI=1S/C13H9BrN2O5S/c14-10-3-1-9(2-4-10)13-16(21-13)22(19,20)12-7-5-11(6-8-12)15(17)18/h1-8,13H/t13-,16?/m0/s1. The van der Waals surface area contributed by atoms with E-state index in [1.165, 1.54) is 12.1 Å². The summed E-state index contributed by atoms with van der Waals surface area (Å²) in [5.74, 6) is 0. The van der Waals surface area contributed by atoms with E-state index in [-0.39, 0.29) is 10.6 Å². The molecule has 2 aromatic carbocycles. The summed E-state index contributed by atoms with van der Waals surface area (Å²) in [6.45, 7) is 0. The number of benzene rings is 2. The zero-order valence-corrected chi connectivity index (χ0v) is 13.3. The van der Waals surface area contributed by atoms with Crippen LogP contribution in [0.25, 0.3) is 0 Å². The second-order valence-electron chi connectivity index (χ2n) is 4.52. The van der Waals surface area contributed by atoms with Crippen molar-refractivity contribution in [2.24, 2.45) is 0 Å². The quantitative estimate of drug-likeness (QED) is 0.458. The largest absolute Gasteiger partial charge is 0.269 e. The highest BCUT2D eigenvalue weighted by Gasteiger charge is 2.48. The first-order valence-electron chi connectivity index (χ1n) is 6.11. The summed E-state index contributed by atoms with van der Waals surface area (Å²) in [6.07, 6.45) is -0.673. The van der Waals surface area contributed by atoms with E-state index in [1.54, 1.807) is 24.3 Å². The molecule has 0 amide bonds. The van der Waals surface area contributed by atoms with Crippen LogP contribution in [0.3, 0.4) is 0 Å². The second-order valence-corrected chi connectivity index (χ2v) is 7.22. The molecule has 1 saturated heterocycles. The Bertz CT molecular complexity index is 821. The number of nitrogens with zero attached hydrogens (tertiary/aromatic N) is 2. The molecule has 0 saturated carbocycles. The van der Waals surface area contributed by atoms with Gasteiger partial charge >= 0.3 is 0 Å². The third-order valence-electron chi connectivity index (χ3n) is 3.09. The highest BCUT2D eigenvalue weighted by molar-refractivity contribution is 9.10. The molecule has 2 aromatic rings. The lowest BCUT2D eigenvalue weighted by Crippen LogP contribution is -2.12. The van der Waals surface area contributed by atoms with Crippen LogP contribution in [0.15, 0.2) is 57.9 Å². The van der Waals surface area contributed by atoms with Gasteiger partial charge in [-0.25, -0.2) is 8.42 Å². The Morgan fingerprint density at radius 2 is 1.68 bits per heavy atom. The van der Waals surface area contributed by atoms with Gasteiger partial charge < -0.3 is 0 Å². The lowest BCUT2D eigenvalue weighted by atomic mass is 10.2. The van der Waals surface area contributed by atoms with Crippen LogP contribution in [0.4, 0.5) is 5.69 Å².